The minimum atomic E-state index is -1.21. The van der Waals surface area contributed by atoms with Crippen LogP contribution in [-0.2, 0) is 28.7 Å². The number of ether oxygens (including phenoxy) is 1. The van der Waals surface area contributed by atoms with Crippen LogP contribution in [0.25, 0.3) is 0 Å². The number of hydrogen-bond acceptors (Lipinski definition) is 6. The summed E-state index contributed by atoms with van der Waals surface area (Å²) in [6, 6.07) is -1.15. The van der Waals surface area contributed by atoms with Gasteiger partial charge in [-0.05, 0) is 6.92 Å². The molecule has 4 amide bonds. The highest BCUT2D eigenvalue weighted by molar-refractivity contribution is 6.15. The molecular formula is C11H10N2O6. The summed E-state index contributed by atoms with van der Waals surface area (Å²) in [6.07, 6.45) is 0.621. The fourth-order valence-electron chi connectivity index (χ4n) is 1.76. The molecule has 2 unspecified atom stereocenters. The highest BCUT2D eigenvalue weighted by Crippen LogP contribution is 2.13. The van der Waals surface area contributed by atoms with Gasteiger partial charge in [-0.1, -0.05) is 0 Å². The normalized spacial score (nSPS) is 23.8. The zero-order chi connectivity index (χ0) is 14.2. The van der Waals surface area contributed by atoms with Crippen LogP contribution in [0, 0.1) is 0 Å². The smallest absolute Gasteiger partial charge is 0.329 e. The molecule has 1 saturated heterocycles. The Balaban J connectivity index is 2.00. The molecule has 2 rings (SSSR count). The van der Waals surface area contributed by atoms with Gasteiger partial charge in [0.1, 0.15) is 6.04 Å². The van der Waals surface area contributed by atoms with E-state index in [4.69, 9.17) is 4.74 Å². The molecule has 19 heavy (non-hydrogen) atoms. The van der Waals surface area contributed by atoms with Crippen LogP contribution in [0.15, 0.2) is 12.2 Å². The Bertz CT molecular complexity index is 505. The maximum absolute atomic E-state index is 11.7. The number of carbonyl (C=O) groups is 5. The number of rotatable bonds is 3. The Morgan fingerprint density at radius 1 is 1.32 bits per heavy atom. The number of nitrogens with one attached hydrogen (secondary N) is 1. The quantitative estimate of drug-likeness (QED) is 0.479. The van der Waals surface area contributed by atoms with Gasteiger partial charge in [0.25, 0.3) is 17.7 Å². The number of amides is 4. The van der Waals surface area contributed by atoms with Gasteiger partial charge in [0, 0.05) is 12.2 Å². The van der Waals surface area contributed by atoms with E-state index in [9.17, 15) is 24.0 Å². The molecule has 0 radical (unpaired) electrons. The van der Waals surface area contributed by atoms with Crippen LogP contribution in [0.3, 0.4) is 0 Å². The van der Waals surface area contributed by atoms with Crippen molar-refractivity contribution in [3.63, 3.8) is 0 Å². The molecule has 8 heteroatoms. The largest absolute Gasteiger partial charge is 0.450 e. The monoisotopic (exact) mass is 266 g/mol. The Hall–Kier alpha value is -2.51. The molecule has 0 saturated carbocycles. The second-order valence-corrected chi connectivity index (χ2v) is 4.10. The first kappa shape index (κ1) is 12.9. The number of esters is 1. The average molecular weight is 266 g/mol. The van der Waals surface area contributed by atoms with Crippen molar-refractivity contribution in [2.75, 3.05) is 0 Å². The first-order valence-corrected chi connectivity index (χ1v) is 5.49. The molecule has 100 valence electrons. The summed E-state index contributed by atoms with van der Waals surface area (Å²) in [7, 11) is 0. The Morgan fingerprint density at radius 3 is 2.37 bits per heavy atom. The topological polar surface area (TPSA) is 110 Å². The summed E-state index contributed by atoms with van der Waals surface area (Å²) >= 11 is 0. The summed E-state index contributed by atoms with van der Waals surface area (Å²) in [5.41, 5.74) is 0. The standard InChI is InChI=1S/C11H10N2O6/c1-5(13-8(15)2-3-9(13)16)11(18)19-6-4-7(14)12-10(6)17/h2-3,5-6H,4H2,1H3,(H,12,14,17). The molecule has 8 nitrogen and oxygen atoms in total. The minimum absolute atomic E-state index is 0.253. The van der Waals surface area contributed by atoms with Gasteiger partial charge in [0.2, 0.25) is 5.91 Å². The van der Waals surface area contributed by atoms with E-state index < -0.39 is 41.7 Å². The lowest BCUT2D eigenvalue weighted by Gasteiger charge is -2.21. The Labute approximate surface area is 107 Å². The van der Waals surface area contributed by atoms with Crippen LogP contribution in [0.1, 0.15) is 13.3 Å². The van der Waals surface area contributed by atoms with Crippen molar-refractivity contribution in [2.45, 2.75) is 25.5 Å². The summed E-state index contributed by atoms with van der Waals surface area (Å²) < 4.78 is 4.82. The molecule has 0 aliphatic carbocycles. The Morgan fingerprint density at radius 2 is 1.89 bits per heavy atom. The van der Waals surface area contributed by atoms with Gasteiger partial charge in [-0.3, -0.25) is 29.4 Å². The van der Waals surface area contributed by atoms with Crippen LogP contribution < -0.4 is 5.32 Å². The fourth-order valence-corrected chi connectivity index (χ4v) is 1.76. The highest BCUT2D eigenvalue weighted by Gasteiger charge is 2.38. The summed E-state index contributed by atoms with van der Waals surface area (Å²) in [5, 5.41) is 1.98. The van der Waals surface area contributed by atoms with Crippen LogP contribution in [0.5, 0.6) is 0 Å². The van der Waals surface area contributed by atoms with Crippen molar-refractivity contribution >= 4 is 29.6 Å². The van der Waals surface area contributed by atoms with Gasteiger partial charge < -0.3 is 4.74 Å². The van der Waals surface area contributed by atoms with Crippen LogP contribution in [-0.4, -0.2) is 46.6 Å². The van der Waals surface area contributed by atoms with Crippen molar-refractivity contribution in [1.82, 2.24) is 10.2 Å². The summed E-state index contributed by atoms with van der Waals surface area (Å²) in [4.78, 5) is 57.3. The molecule has 0 spiro atoms. The lowest BCUT2D eigenvalue weighted by Crippen LogP contribution is -2.45. The molecule has 0 bridgehead atoms. The molecule has 2 atom stereocenters. The average Bonchev–Trinajstić information content (AvgIpc) is 2.82. The maximum Gasteiger partial charge on any atom is 0.329 e. The van der Waals surface area contributed by atoms with E-state index in [0.29, 0.717) is 0 Å². The van der Waals surface area contributed by atoms with Crippen molar-refractivity contribution in [2.24, 2.45) is 0 Å². The van der Waals surface area contributed by atoms with E-state index in [-0.39, 0.29) is 6.42 Å². The third-order valence-corrected chi connectivity index (χ3v) is 2.76. The lowest BCUT2D eigenvalue weighted by atomic mass is 10.2. The molecule has 2 aliphatic rings. The minimum Gasteiger partial charge on any atom is -0.450 e. The van der Waals surface area contributed by atoms with E-state index in [1.54, 1.807) is 0 Å². The fraction of sp³-hybridized carbons (Fsp3) is 0.364. The highest BCUT2D eigenvalue weighted by atomic mass is 16.6. The van der Waals surface area contributed by atoms with Gasteiger partial charge >= 0.3 is 5.97 Å². The summed E-state index contributed by atoms with van der Waals surface area (Å²) in [6.45, 7) is 1.31. The lowest BCUT2D eigenvalue weighted by molar-refractivity contribution is -0.162. The van der Waals surface area contributed by atoms with E-state index in [1.165, 1.54) is 6.92 Å². The van der Waals surface area contributed by atoms with Crippen LogP contribution in [0.2, 0.25) is 0 Å². The second kappa shape index (κ2) is 4.63. The van der Waals surface area contributed by atoms with E-state index in [2.05, 4.69) is 0 Å². The van der Waals surface area contributed by atoms with Crippen molar-refractivity contribution in [3.8, 4) is 0 Å². The zero-order valence-electron chi connectivity index (χ0n) is 9.91. The third kappa shape index (κ3) is 2.37. The van der Waals surface area contributed by atoms with Crippen LogP contribution in [0.4, 0.5) is 0 Å². The SMILES string of the molecule is CC(C(=O)OC1CC(=O)NC1=O)N1C(=O)C=CC1=O. The molecule has 2 aliphatic heterocycles. The van der Waals surface area contributed by atoms with Gasteiger partial charge in [-0.2, -0.15) is 0 Å². The Kier molecular flexibility index (Phi) is 3.16. The van der Waals surface area contributed by atoms with Gasteiger partial charge in [0.15, 0.2) is 6.10 Å². The third-order valence-electron chi connectivity index (χ3n) is 2.76. The number of imide groups is 2. The van der Waals surface area contributed by atoms with Crippen molar-refractivity contribution in [1.29, 1.82) is 0 Å². The van der Waals surface area contributed by atoms with E-state index in [1.807, 2.05) is 5.32 Å². The predicted molar refractivity (Wildman–Crippen MR) is 58.1 cm³/mol. The molecular weight excluding hydrogens is 256 g/mol. The number of nitrogens with zero attached hydrogens (tertiary/aromatic N) is 1. The predicted octanol–water partition coefficient (Wildman–Crippen LogP) is -1.74. The number of hydrogen-bond donors (Lipinski definition) is 1. The first-order chi connectivity index (χ1) is 8.90. The van der Waals surface area contributed by atoms with E-state index >= 15 is 0 Å². The van der Waals surface area contributed by atoms with Crippen molar-refractivity contribution in [3.05, 3.63) is 12.2 Å². The molecule has 0 aromatic heterocycles. The van der Waals surface area contributed by atoms with Gasteiger partial charge in [-0.25, -0.2) is 4.79 Å². The molecule has 2 heterocycles. The first-order valence-electron chi connectivity index (χ1n) is 5.49. The molecule has 0 aromatic rings. The molecule has 0 aromatic carbocycles. The van der Waals surface area contributed by atoms with Gasteiger partial charge in [0.05, 0.1) is 6.42 Å². The molecule has 1 fully saturated rings. The number of carbonyl (C=O) groups excluding carboxylic acids is 5. The second-order valence-electron chi connectivity index (χ2n) is 4.10. The van der Waals surface area contributed by atoms with Gasteiger partial charge in [-0.15, -0.1) is 0 Å². The summed E-state index contributed by atoms with van der Waals surface area (Å²) in [5.74, 6) is -3.41. The zero-order valence-corrected chi connectivity index (χ0v) is 9.91. The van der Waals surface area contributed by atoms with Crippen LogP contribution >= 0.6 is 0 Å². The molecule has 1 N–H and O–H groups in total. The van der Waals surface area contributed by atoms with Crippen molar-refractivity contribution < 1.29 is 28.7 Å². The maximum atomic E-state index is 11.7. The van der Waals surface area contributed by atoms with E-state index in [0.717, 1.165) is 17.1 Å².